The molecular weight excluding hydrogens is 136 g/mol. The second-order valence-electron chi connectivity index (χ2n) is 1.68. The van der Waals surface area contributed by atoms with Crippen LogP contribution in [0, 0.1) is 0 Å². The fourth-order valence-corrected chi connectivity index (χ4v) is 0.261. The smallest absolute Gasteiger partial charge is 0.425 e. The number of amides is 2. The molecule has 0 bridgehead atoms. The van der Waals surface area contributed by atoms with Crippen LogP contribution in [0.4, 0.5) is 4.79 Å². The summed E-state index contributed by atoms with van der Waals surface area (Å²) in [4.78, 5) is 20.9. The van der Waals surface area contributed by atoms with Crippen LogP contribution in [0.2, 0.25) is 0 Å². The van der Waals surface area contributed by atoms with E-state index in [1.807, 2.05) is 0 Å². The Morgan fingerprint density at radius 3 is 2.30 bits per heavy atom. The molecule has 10 heavy (non-hydrogen) atoms. The molecule has 0 heterocycles. The van der Waals surface area contributed by atoms with Crippen molar-refractivity contribution < 1.29 is 14.3 Å². The molecule has 1 N–H and O–H groups in total. The van der Waals surface area contributed by atoms with E-state index in [2.05, 4.69) is 10.2 Å². The van der Waals surface area contributed by atoms with Gasteiger partial charge >= 0.3 is 6.09 Å². The standard InChI is InChI=1S/C5H10N2O3/c1-4(8)7(2)6-5(9)10-3/h1-3H3,(H,6,9). The highest BCUT2D eigenvalue weighted by molar-refractivity contribution is 5.76. The van der Waals surface area contributed by atoms with E-state index in [1.54, 1.807) is 0 Å². The summed E-state index contributed by atoms with van der Waals surface area (Å²) in [6, 6.07) is 0. The number of methoxy groups -OCH3 is 1. The Hall–Kier alpha value is -1.26. The van der Waals surface area contributed by atoms with Crippen molar-refractivity contribution in [2.45, 2.75) is 6.92 Å². The van der Waals surface area contributed by atoms with Crippen molar-refractivity contribution in [3.05, 3.63) is 0 Å². The average Bonchev–Trinajstić information content (AvgIpc) is 1.87. The highest BCUT2D eigenvalue weighted by atomic mass is 16.5. The minimum Gasteiger partial charge on any atom is -0.452 e. The second kappa shape index (κ2) is 3.71. The molecule has 0 aliphatic rings. The molecule has 0 saturated carbocycles. The molecule has 0 atom stereocenters. The Labute approximate surface area is 58.9 Å². The third-order valence-corrected chi connectivity index (χ3v) is 0.917. The van der Waals surface area contributed by atoms with Gasteiger partial charge in [0, 0.05) is 14.0 Å². The lowest BCUT2D eigenvalue weighted by atomic mass is 10.7. The number of nitrogens with zero attached hydrogens (tertiary/aromatic N) is 1. The normalized spacial score (nSPS) is 8.30. The largest absolute Gasteiger partial charge is 0.452 e. The Morgan fingerprint density at radius 2 is 2.00 bits per heavy atom. The summed E-state index contributed by atoms with van der Waals surface area (Å²) < 4.78 is 4.23. The van der Waals surface area contributed by atoms with Crippen molar-refractivity contribution >= 4 is 12.0 Å². The Bertz CT molecular complexity index is 146. The van der Waals surface area contributed by atoms with Crippen LogP contribution in [0.15, 0.2) is 0 Å². The monoisotopic (exact) mass is 146 g/mol. The van der Waals surface area contributed by atoms with Crippen molar-refractivity contribution in [1.29, 1.82) is 0 Å². The molecule has 58 valence electrons. The molecule has 0 aromatic rings. The van der Waals surface area contributed by atoms with Gasteiger partial charge in [0.15, 0.2) is 0 Å². The zero-order valence-electron chi connectivity index (χ0n) is 6.17. The van der Waals surface area contributed by atoms with Gasteiger partial charge in [-0.25, -0.2) is 10.2 Å². The second-order valence-corrected chi connectivity index (χ2v) is 1.68. The van der Waals surface area contributed by atoms with Crippen LogP contribution in [-0.2, 0) is 9.53 Å². The van der Waals surface area contributed by atoms with Crippen molar-refractivity contribution in [3.8, 4) is 0 Å². The molecule has 0 radical (unpaired) electrons. The molecular formula is C5H10N2O3. The molecule has 0 spiro atoms. The lowest BCUT2D eigenvalue weighted by Crippen LogP contribution is -2.41. The fourth-order valence-electron chi connectivity index (χ4n) is 0.261. The van der Waals surface area contributed by atoms with E-state index in [0.29, 0.717) is 0 Å². The molecule has 0 unspecified atom stereocenters. The van der Waals surface area contributed by atoms with Gasteiger partial charge in [-0.15, -0.1) is 0 Å². The predicted octanol–water partition coefficient (Wildman–Crippen LogP) is -0.264. The van der Waals surface area contributed by atoms with Crippen LogP contribution in [0.1, 0.15) is 6.92 Å². The SMILES string of the molecule is COC(=O)NN(C)C(C)=O. The maximum atomic E-state index is 10.5. The average molecular weight is 146 g/mol. The summed E-state index contributed by atoms with van der Waals surface area (Å²) in [6.45, 7) is 1.33. The first kappa shape index (κ1) is 8.74. The lowest BCUT2D eigenvalue weighted by Gasteiger charge is -2.13. The number of carbonyl (C=O) groups excluding carboxylic acids is 2. The van der Waals surface area contributed by atoms with E-state index in [9.17, 15) is 9.59 Å². The van der Waals surface area contributed by atoms with Gasteiger partial charge < -0.3 is 4.74 Å². The van der Waals surface area contributed by atoms with Crippen molar-refractivity contribution in [1.82, 2.24) is 10.4 Å². The molecule has 2 amide bonds. The van der Waals surface area contributed by atoms with E-state index < -0.39 is 6.09 Å². The number of ether oxygens (including phenoxy) is 1. The van der Waals surface area contributed by atoms with Gasteiger partial charge in [-0.2, -0.15) is 0 Å². The first-order valence-corrected chi connectivity index (χ1v) is 2.67. The van der Waals surface area contributed by atoms with Gasteiger partial charge in [0.1, 0.15) is 0 Å². The number of hydrogen-bond acceptors (Lipinski definition) is 3. The summed E-state index contributed by atoms with van der Waals surface area (Å²) in [6.07, 6.45) is -0.655. The molecule has 5 heteroatoms. The minimum absolute atomic E-state index is 0.259. The molecule has 5 nitrogen and oxygen atoms in total. The van der Waals surface area contributed by atoms with Crippen LogP contribution >= 0.6 is 0 Å². The van der Waals surface area contributed by atoms with Crippen molar-refractivity contribution in [2.24, 2.45) is 0 Å². The van der Waals surface area contributed by atoms with E-state index in [-0.39, 0.29) is 5.91 Å². The molecule has 0 aliphatic heterocycles. The molecule has 0 saturated heterocycles. The van der Waals surface area contributed by atoms with E-state index in [4.69, 9.17) is 0 Å². The van der Waals surface area contributed by atoms with Crippen molar-refractivity contribution in [3.63, 3.8) is 0 Å². The highest BCUT2D eigenvalue weighted by Gasteiger charge is 2.04. The Kier molecular flexibility index (Phi) is 3.24. The quantitative estimate of drug-likeness (QED) is 0.479. The number of hydrogen-bond donors (Lipinski definition) is 1. The highest BCUT2D eigenvalue weighted by Crippen LogP contribution is 1.77. The van der Waals surface area contributed by atoms with Gasteiger partial charge in [0.05, 0.1) is 7.11 Å². The Balaban J connectivity index is 3.68. The first-order chi connectivity index (χ1) is 4.57. The number of nitrogens with one attached hydrogen (secondary N) is 1. The van der Waals surface area contributed by atoms with E-state index in [1.165, 1.54) is 21.1 Å². The molecule has 0 aliphatic carbocycles. The van der Waals surface area contributed by atoms with Gasteiger partial charge in [0.25, 0.3) is 0 Å². The molecule has 0 rings (SSSR count). The van der Waals surface area contributed by atoms with Gasteiger partial charge in [-0.3, -0.25) is 9.80 Å². The van der Waals surface area contributed by atoms with Crippen LogP contribution in [-0.4, -0.2) is 31.2 Å². The summed E-state index contributed by atoms with van der Waals surface area (Å²) in [5.74, 6) is -0.259. The summed E-state index contributed by atoms with van der Waals surface area (Å²) >= 11 is 0. The third-order valence-electron chi connectivity index (χ3n) is 0.917. The number of carbonyl (C=O) groups is 2. The maximum Gasteiger partial charge on any atom is 0.425 e. The van der Waals surface area contributed by atoms with Crippen LogP contribution in [0.5, 0.6) is 0 Å². The van der Waals surface area contributed by atoms with E-state index >= 15 is 0 Å². The fraction of sp³-hybridized carbons (Fsp3) is 0.600. The zero-order chi connectivity index (χ0) is 8.15. The summed E-state index contributed by atoms with van der Waals surface area (Å²) in [5.41, 5.74) is 2.15. The third kappa shape index (κ3) is 2.91. The summed E-state index contributed by atoms with van der Waals surface area (Å²) in [7, 11) is 2.66. The summed E-state index contributed by atoms with van der Waals surface area (Å²) in [5, 5.41) is 1.03. The zero-order valence-corrected chi connectivity index (χ0v) is 6.17. The molecule has 0 aromatic carbocycles. The van der Waals surface area contributed by atoms with Crippen LogP contribution in [0.25, 0.3) is 0 Å². The maximum absolute atomic E-state index is 10.5. The lowest BCUT2D eigenvalue weighted by molar-refractivity contribution is -0.129. The number of rotatable bonds is 0. The topological polar surface area (TPSA) is 58.6 Å². The van der Waals surface area contributed by atoms with Gasteiger partial charge in [-0.05, 0) is 0 Å². The van der Waals surface area contributed by atoms with Gasteiger partial charge in [0.2, 0.25) is 5.91 Å². The number of hydrazine groups is 1. The Morgan fingerprint density at radius 1 is 1.50 bits per heavy atom. The first-order valence-electron chi connectivity index (χ1n) is 2.67. The van der Waals surface area contributed by atoms with Crippen LogP contribution < -0.4 is 5.43 Å². The minimum atomic E-state index is -0.655. The predicted molar refractivity (Wildman–Crippen MR) is 34.0 cm³/mol. The van der Waals surface area contributed by atoms with Crippen LogP contribution in [0.3, 0.4) is 0 Å². The van der Waals surface area contributed by atoms with Crippen molar-refractivity contribution in [2.75, 3.05) is 14.2 Å². The molecule has 0 fully saturated rings. The molecule has 0 aromatic heterocycles. The van der Waals surface area contributed by atoms with E-state index in [0.717, 1.165) is 5.01 Å². The van der Waals surface area contributed by atoms with Gasteiger partial charge in [-0.1, -0.05) is 0 Å².